The molecule has 3 nitrogen and oxygen atoms in total. The summed E-state index contributed by atoms with van der Waals surface area (Å²) in [6.45, 7) is 13.6. The van der Waals surface area contributed by atoms with Crippen molar-refractivity contribution in [3.63, 3.8) is 0 Å². The maximum Gasteiger partial charge on any atom is 0.178 e. The van der Waals surface area contributed by atoms with E-state index >= 15 is 0 Å². The first-order valence-electron chi connectivity index (χ1n) is 7.38. The Morgan fingerprint density at radius 3 is 2.86 bits per heavy atom. The van der Waals surface area contributed by atoms with Crippen LogP contribution in [-0.4, -0.2) is 24.3 Å². The monoisotopic (exact) mass is 288 g/mol. The van der Waals surface area contributed by atoms with Crippen molar-refractivity contribution in [2.24, 2.45) is 5.92 Å². The van der Waals surface area contributed by atoms with Crippen LogP contribution in [0, 0.1) is 5.92 Å². The van der Waals surface area contributed by atoms with Gasteiger partial charge in [0.05, 0.1) is 12.2 Å². The van der Waals surface area contributed by atoms with Gasteiger partial charge in [0.25, 0.3) is 0 Å². The van der Waals surface area contributed by atoms with Gasteiger partial charge in [-0.2, -0.15) is 0 Å². The van der Waals surface area contributed by atoms with Crippen LogP contribution in [0.3, 0.4) is 0 Å². The number of rotatable bonds is 5. The molecule has 0 spiro atoms. The Labute approximate surface area is 127 Å². The number of hydrogen-bond donors (Lipinski definition) is 0. The smallest absolute Gasteiger partial charge is 0.178 e. The highest BCUT2D eigenvalue weighted by Gasteiger charge is 2.35. The van der Waals surface area contributed by atoms with Gasteiger partial charge in [0.1, 0.15) is 0 Å². The number of allylic oxidation sites excluding steroid dienone is 1. The third-order valence-electron chi connectivity index (χ3n) is 4.05. The van der Waals surface area contributed by atoms with E-state index in [-0.39, 0.29) is 23.9 Å². The molecule has 3 unspecified atom stereocenters. The lowest BCUT2D eigenvalue weighted by Gasteiger charge is -2.37. The van der Waals surface area contributed by atoms with Crippen molar-refractivity contribution in [3.8, 4) is 0 Å². The molecule has 0 N–H and O–H groups in total. The Morgan fingerprint density at radius 2 is 2.24 bits per heavy atom. The van der Waals surface area contributed by atoms with Crippen molar-refractivity contribution >= 4 is 5.78 Å². The molecule has 1 aliphatic carbocycles. The zero-order chi connectivity index (χ0) is 15.6. The molecule has 21 heavy (non-hydrogen) atoms. The van der Waals surface area contributed by atoms with Crippen LogP contribution in [0.1, 0.15) is 33.6 Å². The molecule has 1 heterocycles. The van der Waals surface area contributed by atoms with Crippen LogP contribution in [0.5, 0.6) is 0 Å². The van der Waals surface area contributed by atoms with Crippen LogP contribution in [0.4, 0.5) is 0 Å². The molecular weight excluding hydrogens is 264 g/mol. The highest BCUT2D eigenvalue weighted by atomic mass is 16.7. The van der Waals surface area contributed by atoms with Gasteiger partial charge in [-0.15, -0.1) is 13.2 Å². The van der Waals surface area contributed by atoms with E-state index in [2.05, 4.69) is 13.2 Å². The maximum atomic E-state index is 11.8. The van der Waals surface area contributed by atoms with Gasteiger partial charge in [-0.25, -0.2) is 0 Å². The van der Waals surface area contributed by atoms with E-state index in [1.807, 2.05) is 32.9 Å². The van der Waals surface area contributed by atoms with Crippen molar-refractivity contribution in [1.82, 2.24) is 0 Å². The second-order valence-corrected chi connectivity index (χ2v) is 6.03. The largest absolute Gasteiger partial charge is 0.341 e. The minimum Gasteiger partial charge on any atom is -0.341 e. The molecule has 2 aliphatic rings. The molecule has 3 heteroatoms. The third kappa shape index (κ3) is 3.80. The standard InChI is InChI=1S/C18H24O3/c1-6-14(7-11(2)3)20-18-9-12(4)15-10-16(19)13(5)8-17(15)21-18/h6,8-9,14-15,17-18H,1-2,7,10H2,3-5H3/t14?,15?,17?,18-/m1/s1. The molecule has 0 aromatic rings. The summed E-state index contributed by atoms with van der Waals surface area (Å²) in [5.74, 6) is 0.350. The van der Waals surface area contributed by atoms with Gasteiger partial charge in [-0.1, -0.05) is 17.2 Å². The number of fused-ring (bicyclic) bond motifs is 1. The lowest BCUT2D eigenvalue weighted by molar-refractivity contribution is -0.166. The highest BCUT2D eigenvalue weighted by Crippen LogP contribution is 2.34. The number of ketones is 1. The van der Waals surface area contributed by atoms with Gasteiger partial charge in [0, 0.05) is 12.3 Å². The molecule has 0 aromatic carbocycles. The summed E-state index contributed by atoms with van der Waals surface area (Å²) in [6.07, 6.45) is 6.35. The van der Waals surface area contributed by atoms with E-state index in [0.29, 0.717) is 6.42 Å². The maximum absolute atomic E-state index is 11.8. The molecule has 4 atom stereocenters. The first kappa shape index (κ1) is 15.9. The summed E-state index contributed by atoms with van der Waals surface area (Å²) in [4.78, 5) is 11.8. The first-order valence-corrected chi connectivity index (χ1v) is 7.38. The van der Waals surface area contributed by atoms with Gasteiger partial charge in [-0.05, 0) is 44.9 Å². The Bertz CT molecular complexity index is 513. The number of hydrogen-bond acceptors (Lipinski definition) is 3. The van der Waals surface area contributed by atoms with Gasteiger partial charge < -0.3 is 9.47 Å². The quantitative estimate of drug-likeness (QED) is 0.723. The van der Waals surface area contributed by atoms with E-state index in [1.54, 1.807) is 6.08 Å². The average Bonchev–Trinajstić information content (AvgIpc) is 2.40. The predicted molar refractivity (Wildman–Crippen MR) is 83.8 cm³/mol. The fourth-order valence-corrected chi connectivity index (χ4v) is 2.79. The van der Waals surface area contributed by atoms with Crippen LogP contribution in [0.25, 0.3) is 0 Å². The number of ether oxygens (including phenoxy) is 2. The Hall–Kier alpha value is -1.45. The number of carbonyl (C=O) groups is 1. The van der Waals surface area contributed by atoms with Crippen molar-refractivity contribution in [3.05, 3.63) is 48.1 Å². The molecule has 0 bridgehead atoms. The van der Waals surface area contributed by atoms with Crippen LogP contribution < -0.4 is 0 Å². The van der Waals surface area contributed by atoms with E-state index in [1.165, 1.54) is 0 Å². The van der Waals surface area contributed by atoms with Gasteiger partial charge in [0.15, 0.2) is 12.1 Å². The summed E-state index contributed by atoms with van der Waals surface area (Å²) < 4.78 is 11.9. The van der Waals surface area contributed by atoms with E-state index in [0.717, 1.165) is 23.1 Å². The van der Waals surface area contributed by atoms with E-state index in [9.17, 15) is 4.79 Å². The molecule has 0 amide bonds. The van der Waals surface area contributed by atoms with Gasteiger partial charge >= 0.3 is 0 Å². The average molecular weight is 288 g/mol. The molecule has 1 aliphatic heterocycles. The van der Waals surface area contributed by atoms with Crippen LogP contribution in [0.15, 0.2) is 48.1 Å². The zero-order valence-corrected chi connectivity index (χ0v) is 13.1. The van der Waals surface area contributed by atoms with Crippen molar-refractivity contribution in [1.29, 1.82) is 0 Å². The topological polar surface area (TPSA) is 35.5 Å². The lowest BCUT2D eigenvalue weighted by Crippen LogP contribution is -2.39. The summed E-state index contributed by atoms with van der Waals surface area (Å²) in [7, 11) is 0. The lowest BCUT2D eigenvalue weighted by atomic mass is 9.81. The van der Waals surface area contributed by atoms with Crippen molar-refractivity contribution in [2.75, 3.05) is 0 Å². The Morgan fingerprint density at radius 1 is 1.52 bits per heavy atom. The fourth-order valence-electron chi connectivity index (χ4n) is 2.79. The third-order valence-corrected chi connectivity index (χ3v) is 4.05. The number of carbonyl (C=O) groups excluding carboxylic acids is 1. The second-order valence-electron chi connectivity index (χ2n) is 6.03. The number of Topliss-reactive ketones (excluding diaryl/α,β-unsaturated/α-hetero) is 1. The van der Waals surface area contributed by atoms with Crippen LogP contribution >= 0.6 is 0 Å². The summed E-state index contributed by atoms with van der Waals surface area (Å²) in [6, 6.07) is 0. The van der Waals surface area contributed by atoms with Crippen LogP contribution in [0.2, 0.25) is 0 Å². The predicted octanol–water partition coefficient (Wildman–Crippen LogP) is 3.73. The first-order chi connectivity index (χ1) is 9.90. The summed E-state index contributed by atoms with van der Waals surface area (Å²) in [5.41, 5.74) is 2.99. The molecule has 0 saturated carbocycles. The molecule has 114 valence electrons. The molecular formula is C18H24O3. The highest BCUT2D eigenvalue weighted by molar-refractivity contribution is 5.96. The van der Waals surface area contributed by atoms with Gasteiger partial charge in [0.2, 0.25) is 0 Å². The Balaban J connectivity index is 2.09. The van der Waals surface area contributed by atoms with Gasteiger partial charge in [-0.3, -0.25) is 4.79 Å². The fraction of sp³-hybridized carbons (Fsp3) is 0.500. The van der Waals surface area contributed by atoms with Crippen LogP contribution in [-0.2, 0) is 14.3 Å². The van der Waals surface area contributed by atoms with Crippen molar-refractivity contribution < 1.29 is 14.3 Å². The molecule has 0 fully saturated rings. The minimum absolute atomic E-state index is 0.0759. The second kappa shape index (κ2) is 6.54. The Kier molecular flexibility index (Phi) is 4.96. The zero-order valence-electron chi connectivity index (χ0n) is 13.1. The summed E-state index contributed by atoms with van der Waals surface area (Å²) >= 11 is 0. The SMILES string of the molecule is C=CC(CC(=C)C)O[C@H]1C=C(C)C2CC(=O)C(C)=CC2O1. The molecule has 0 saturated heterocycles. The normalized spacial score (nSPS) is 30.0. The summed E-state index contributed by atoms with van der Waals surface area (Å²) in [5, 5.41) is 0. The molecule has 2 rings (SSSR count). The van der Waals surface area contributed by atoms with Crippen molar-refractivity contribution in [2.45, 2.75) is 52.1 Å². The van der Waals surface area contributed by atoms with E-state index in [4.69, 9.17) is 9.47 Å². The minimum atomic E-state index is -0.397. The van der Waals surface area contributed by atoms with E-state index < -0.39 is 6.29 Å². The molecule has 0 aromatic heterocycles. The molecule has 0 radical (unpaired) electrons.